The van der Waals surface area contributed by atoms with Crippen LogP contribution in [-0.2, 0) is 11.3 Å². The number of nitriles is 1. The van der Waals surface area contributed by atoms with Gasteiger partial charge in [-0.15, -0.1) is 0 Å². The Labute approximate surface area is 161 Å². The molecular formula is C22H26N4O. The first-order valence-electron chi connectivity index (χ1n) is 9.38. The van der Waals surface area contributed by atoms with E-state index in [9.17, 15) is 4.79 Å². The molecule has 0 bridgehead atoms. The number of nitrogens with one attached hydrogen (secondary N) is 1. The molecule has 1 N–H and O–H groups in total. The summed E-state index contributed by atoms with van der Waals surface area (Å²) in [4.78, 5) is 17.2. The largest absolute Gasteiger partial charge is 0.325 e. The average Bonchev–Trinajstić information content (AvgIpc) is 2.68. The molecule has 1 saturated heterocycles. The van der Waals surface area contributed by atoms with E-state index in [4.69, 9.17) is 5.26 Å². The highest BCUT2D eigenvalue weighted by Gasteiger charge is 2.25. The molecule has 0 aliphatic carbocycles. The lowest BCUT2D eigenvalue weighted by atomic mass is 10.1. The van der Waals surface area contributed by atoms with Crippen molar-refractivity contribution in [2.24, 2.45) is 0 Å². The summed E-state index contributed by atoms with van der Waals surface area (Å²) in [5.74, 6) is -0.00755. The third-order valence-corrected chi connectivity index (χ3v) is 5.10. The maximum atomic E-state index is 12.5. The SMILES string of the molecule is Cc1cccc(CN2CCN([C@@H](C)C(=O)Nc3ccc(C#N)cc3)CC2)c1. The van der Waals surface area contributed by atoms with Gasteiger partial charge < -0.3 is 5.32 Å². The third kappa shape index (κ3) is 5.16. The standard InChI is InChI=1S/C22H26N4O/c1-17-4-3-5-20(14-17)16-25-10-12-26(13-11-25)18(2)22(27)24-21-8-6-19(15-23)7-9-21/h3-9,14,18H,10-13,16H2,1-2H3,(H,24,27)/t18-/m0/s1. The number of aryl methyl sites for hydroxylation is 1. The molecule has 2 aromatic rings. The molecule has 1 aliphatic rings. The van der Waals surface area contributed by atoms with Gasteiger partial charge in [-0.25, -0.2) is 0 Å². The molecule has 5 nitrogen and oxygen atoms in total. The number of anilines is 1. The highest BCUT2D eigenvalue weighted by atomic mass is 16.2. The number of carbonyl (C=O) groups is 1. The van der Waals surface area contributed by atoms with Crippen LogP contribution in [0.5, 0.6) is 0 Å². The lowest BCUT2D eigenvalue weighted by Crippen LogP contribution is -2.52. The number of amides is 1. The number of benzene rings is 2. The highest BCUT2D eigenvalue weighted by Crippen LogP contribution is 2.14. The number of piperazine rings is 1. The number of rotatable bonds is 5. The Balaban J connectivity index is 1.49. The summed E-state index contributed by atoms with van der Waals surface area (Å²) in [5.41, 5.74) is 3.95. The quantitative estimate of drug-likeness (QED) is 0.888. The van der Waals surface area contributed by atoms with E-state index in [2.05, 4.69) is 52.4 Å². The number of hydrogen-bond acceptors (Lipinski definition) is 4. The first-order valence-corrected chi connectivity index (χ1v) is 9.38. The molecule has 1 fully saturated rings. The zero-order valence-corrected chi connectivity index (χ0v) is 16.0. The molecule has 3 rings (SSSR count). The predicted molar refractivity (Wildman–Crippen MR) is 107 cm³/mol. The Morgan fingerprint density at radius 1 is 1.15 bits per heavy atom. The Morgan fingerprint density at radius 3 is 2.48 bits per heavy atom. The van der Waals surface area contributed by atoms with Gasteiger partial charge in [0.15, 0.2) is 0 Å². The monoisotopic (exact) mass is 362 g/mol. The van der Waals surface area contributed by atoms with E-state index in [1.165, 1.54) is 11.1 Å². The maximum Gasteiger partial charge on any atom is 0.241 e. The smallest absolute Gasteiger partial charge is 0.241 e. The van der Waals surface area contributed by atoms with E-state index >= 15 is 0 Å². The first kappa shape index (κ1) is 19.1. The van der Waals surface area contributed by atoms with Crippen LogP contribution >= 0.6 is 0 Å². The van der Waals surface area contributed by atoms with Crippen LogP contribution in [0.4, 0.5) is 5.69 Å². The van der Waals surface area contributed by atoms with Crippen molar-refractivity contribution in [2.45, 2.75) is 26.4 Å². The summed E-state index contributed by atoms with van der Waals surface area (Å²) in [7, 11) is 0. The van der Waals surface area contributed by atoms with E-state index in [-0.39, 0.29) is 11.9 Å². The molecule has 1 aliphatic heterocycles. The molecule has 0 unspecified atom stereocenters. The lowest BCUT2D eigenvalue weighted by molar-refractivity contribution is -0.121. The second kappa shape index (κ2) is 8.81. The van der Waals surface area contributed by atoms with Gasteiger partial charge >= 0.3 is 0 Å². The number of hydrogen-bond donors (Lipinski definition) is 1. The van der Waals surface area contributed by atoms with Gasteiger partial charge in [0.05, 0.1) is 17.7 Å². The lowest BCUT2D eigenvalue weighted by Gasteiger charge is -2.37. The topological polar surface area (TPSA) is 59.4 Å². The summed E-state index contributed by atoms with van der Waals surface area (Å²) in [6.07, 6.45) is 0. The summed E-state index contributed by atoms with van der Waals surface area (Å²) < 4.78 is 0. The second-order valence-electron chi connectivity index (χ2n) is 7.16. The minimum atomic E-state index is -0.179. The normalized spacial score (nSPS) is 16.5. The predicted octanol–water partition coefficient (Wildman–Crippen LogP) is 3.01. The van der Waals surface area contributed by atoms with Crippen molar-refractivity contribution in [3.05, 3.63) is 65.2 Å². The Bertz CT molecular complexity index is 817. The van der Waals surface area contributed by atoms with Gasteiger partial charge in [0.25, 0.3) is 0 Å². The fourth-order valence-corrected chi connectivity index (χ4v) is 3.42. The van der Waals surface area contributed by atoms with E-state index < -0.39 is 0 Å². The van der Waals surface area contributed by atoms with E-state index in [1.54, 1.807) is 24.3 Å². The second-order valence-corrected chi connectivity index (χ2v) is 7.16. The average molecular weight is 362 g/mol. The molecule has 2 aromatic carbocycles. The summed E-state index contributed by atoms with van der Waals surface area (Å²) in [5, 5.41) is 11.8. The Kier molecular flexibility index (Phi) is 6.23. The van der Waals surface area contributed by atoms with Gasteiger partial charge in [-0.05, 0) is 43.7 Å². The van der Waals surface area contributed by atoms with Gasteiger partial charge in [-0.1, -0.05) is 29.8 Å². The van der Waals surface area contributed by atoms with Crippen molar-refractivity contribution in [1.82, 2.24) is 9.80 Å². The molecule has 1 atom stereocenters. The van der Waals surface area contributed by atoms with Gasteiger partial charge in [0.1, 0.15) is 0 Å². The molecule has 5 heteroatoms. The highest BCUT2D eigenvalue weighted by molar-refractivity contribution is 5.94. The molecule has 0 saturated carbocycles. The zero-order valence-electron chi connectivity index (χ0n) is 16.0. The summed E-state index contributed by atoms with van der Waals surface area (Å²) in [6, 6.07) is 17.5. The summed E-state index contributed by atoms with van der Waals surface area (Å²) in [6.45, 7) is 8.72. The molecule has 0 radical (unpaired) electrons. The molecule has 0 spiro atoms. The number of carbonyl (C=O) groups excluding carboxylic acids is 1. The summed E-state index contributed by atoms with van der Waals surface area (Å²) >= 11 is 0. The molecule has 1 heterocycles. The zero-order chi connectivity index (χ0) is 19.2. The van der Waals surface area contributed by atoms with E-state index in [1.807, 2.05) is 6.92 Å². The van der Waals surface area contributed by atoms with Crippen molar-refractivity contribution < 1.29 is 4.79 Å². The van der Waals surface area contributed by atoms with Crippen LogP contribution in [0.1, 0.15) is 23.6 Å². The van der Waals surface area contributed by atoms with Gasteiger partial charge in [-0.2, -0.15) is 5.26 Å². The Morgan fingerprint density at radius 2 is 1.85 bits per heavy atom. The van der Waals surface area contributed by atoms with Crippen molar-refractivity contribution in [3.8, 4) is 6.07 Å². The molecule has 0 aromatic heterocycles. The van der Waals surface area contributed by atoms with Crippen LogP contribution in [0.2, 0.25) is 0 Å². The van der Waals surface area contributed by atoms with Crippen LogP contribution < -0.4 is 5.32 Å². The minimum absolute atomic E-state index is 0.00755. The number of nitrogens with zero attached hydrogens (tertiary/aromatic N) is 3. The van der Waals surface area contributed by atoms with Gasteiger partial charge in [0.2, 0.25) is 5.91 Å². The molecule has 1 amide bonds. The van der Waals surface area contributed by atoms with Crippen molar-refractivity contribution >= 4 is 11.6 Å². The fraction of sp³-hybridized carbons (Fsp3) is 0.364. The van der Waals surface area contributed by atoms with Crippen molar-refractivity contribution in [2.75, 3.05) is 31.5 Å². The van der Waals surface area contributed by atoms with Crippen molar-refractivity contribution in [1.29, 1.82) is 5.26 Å². The van der Waals surface area contributed by atoms with Crippen LogP contribution in [-0.4, -0.2) is 47.9 Å². The molecular weight excluding hydrogens is 336 g/mol. The van der Waals surface area contributed by atoms with Crippen molar-refractivity contribution in [3.63, 3.8) is 0 Å². The van der Waals surface area contributed by atoms with Crippen LogP contribution in [0, 0.1) is 18.3 Å². The maximum absolute atomic E-state index is 12.5. The van der Waals surface area contributed by atoms with Gasteiger partial charge in [0, 0.05) is 38.4 Å². The Hall–Kier alpha value is -2.68. The van der Waals surface area contributed by atoms with Crippen LogP contribution in [0.3, 0.4) is 0 Å². The fourth-order valence-electron chi connectivity index (χ4n) is 3.42. The van der Waals surface area contributed by atoms with Crippen LogP contribution in [0.15, 0.2) is 48.5 Å². The van der Waals surface area contributed by atoms with E-state index in [0.29, 0.717) is 5.56 Å². The third-order valence-electron chi connectivity index (χ3n) is 5.10. The molecule has 27 heavy (non-hydrogen) atoms. The minimum Gasteiger partial charge on any atom is -0.325 e. The first-order chi connectivity index (χ1) is 13.0. The van der Waals surface area contributed by atoms with Crippen LogP contribution in [0.25, 0.3) is 0 Å². The van der Waals surface area contributed by atoms with E-state index in [0.717, 1.165) is 38.4 Å². The molecule has 140 valence electrons. The van der Waals surface area contributed by atoms with Gasteiger partial charge in [-0.3, -0.25) is 14.6 Å².